The molecule has 0 aliphatic heterocycles. The van der Waals surface area contributed by atoms with Crippen LogP contribution in [0.15, 0.2) is 71.7 Å². The molecule has 0 aliphatic carbocycles. The fourth-order valence-corrected chi connectivity index (χ4v) is 4.10. The highest BCUT2D eigenvalue weighted by molar-refractivity contribution is 7.16. The second-order valence-corrected chi connectivity index (χ2v) is 6.83. The Labute approximate surface area is 147 Å². The fourth-order valence-electron chi connectivity index (χ4n) is 2.52. The van der Waals surface area contributed by atoms with Gasteiger partial charge < -0.3 is 0 Å². The van der Waals surface area contributed by atoms with E-state index in [4.69, 9.17) is 0 Å². The smallest absolute Gasteiger partial charge is 0.217 e. The molecule has 0 N–H and O–H groups in total. The Morgan fingerprint density at radius 2 is 1.08 bits per heavy atom. The molecule has 3 nitrogen and oxygen atoms in total. The SMILES string of the molecule is O=C(c1scnc1-c1ccccc1)c1scnc1-c1ccccc1. The lowest BCUT2D eigenvalue weighted by Gasteiger charge is -2.03. The first-order valence-electron chi connectivity index (χ1n) is 7.37. The van der Waals surface area contributed by atoms with Gasteiger partial charge in [0.1, 0.15) is 9.75 Å². The molecule has 0 spiro atoms. The highest BCUT2D eigenvalue weighted by Gasteiger charge is 2.23. The lowest BCUT2D eigenvalue weighted by Crippen LogP contribution is -2.00. The molecule has 0 aliphatic rings. The normalized spacial score (nSPS) is 10.7. The van der Waals surface area contributed by atoms with E-state index in [-0.39, 0.29) is 5.78 Å². The molecule has 0 amide bonds. The molecule has 2 aromatic carbocycles. The topological polar surface area (TPSA) is 42.9 Å². The van der Waals surface area contributed by atoms with Crippen LogP contribution in [0, 0.1) is 0 Å². The molecule has 0 atom stereocenters. The number of benzene rings is 2. The molecular formula is C19H12N2OS2. The van der Waals surface area contributed by atoms with E-state index in [1.165, 1.54) is 22.7 Å². The molecule has 2 heterocycles. The molecule has 2 aromatic heterocycles. The highest BCUT2D eigenvalue weighted by Crippen LogP contribution is 2.32. The molecule has 24 heavy (non-hydrogen) atoms. The van der Waals surface area contributed by atoms with Crippen LogP contribution in [0.1, 0.15) is 14.5 Å². The average Bonchev–Trinajstić information content (AvgIpc) is 3.32. The third-order valence-corrected chi connectivity index (χ3v) is 5.29. The summed E-state index contributed by atoms with van der Waals surface area (Å²) in [5.74, 6) is -0.0160. The third-order valence-electron chi connectivity index (χ3n) is 3.64. The minimum Gasteiger partial charge on any atom is -0.287 e. The van der Waals surface area contributed by atoms with E-state index in [0.717, 1.165) is 22.5 Å². The zero-order chi connectivity index (χ0) is 16.4. The van der Waals surface area contributed by atoms with Crippen LogP contribution in [-0.2, 0) is 0 Å². The van der Waals surface area contributed by atoms with Crippen molar-refractivity contribution >= 4 is 28.5 Å². The lowest BCUT2D eigenvalue weighted by atomic mass is 10.1. The van der Waals surface area contributed by atoms with Crippen molar-refractivity contribution < 1.29 is 4.79 Å². The summed E-state index contributed by atoms with van der Waals surface area (Å²) in [5.41, 5.74) is 6.81. The number of nitrogens with zero attached hydrogens (tertiary/aromatic N) is 2. The Bertz CT molecular complexity index is 895. The highest BCUT2D eigenvalue weighted by atomic mass is 32.1. The van der Waals surface area contributed by atoms with Crippen LogP contribution in [0.3, 0.4) is 0 Å². The van der Waals surface area contributed by atoms with Gasteiger partial charge in [-0.2, -0.15) is 0 Å². The van der Waals surface area contributed by atoms with Gasteiger partial charge in [0.25, 0.3) is 0 Å². The second-order valence-electron chi connectivity index (χ2n) is 5.12. The van der Waals surface area contributed by atoms with Gasteiger partial charge in [-0.05, 0) is 0 Å². The predicted octanol–water partition coefficient (Wildman–Crippen LogP) is 5.16. The molecule has 0 saturated heterocycles. The number of ketones is 1. The molecule has 0 bridgehead atoms. The summed E-state index contributed by atoms with van der Waals surface area (Å²) in [4.78, 5) is 23.2. The van der Waals surface area contributed by atoms with Gasteiger partial charge in [0.05, 0.1) is 22.4 Å². The number of hydrogen-bond donors (Lipinski definition) is 0. The number of rotatable bonds is 4. The van der Waals surface area contributed by atoms with Gasteiger partial charge in [0.15, 0.2) is 0 Å². The molecule has 116 valence electrons. The molecule has 4 aromatic rings. The Hall–Kier alpha value is -2.63. The first-order valence-corrected chi connectivity index (χ1v) is 9.13. The predicted molar refractivity (Wildman–Crippen MR) is 98.5 cm³/mol. The van der Waals surface area contributed by atoms with Gasteiger partial charge in [-0.1, -0.05) is 60.7 Å². The van der Waals surface area contributed by atoms with Crippen molar-refractivity contribution in [2.24, 2.45) is 0 Å². The van der Waals surface area contributed by atoms with E-state index in [9.17, 15) is 4.79 Å². The van der Waals surface area contributed by atoms with E-state index in [1.807, 2.05) is 60.7 Å². The summed E-state index contributed by atoms with van der Waals surface area (Å²) in [6.07, 6.45) is 0. The van der Waals surface area contributed by atoms with Crippen LogP contribution in [0.25, 0.3) is 22.5 Å². The summed E-state index contributed by atoms with van der Waals surface area (Å²) in [7, 11) is 0. The van der Waals surface area contributed by atoms with Crippen molar-refractivity contribution in [3.63, 3.8) is 0 Å². The van der Waals surface area contributed by atoms with Gasteiger partial charge in [-0.15, -0.1) is 22.7 Å². The maximum atomic E-state index is 13.1. The second kappa shape index (κ2) is 6.47. The average molecular weight is 348 g/mol. The monoisotopic (exact) mass is 348 g/mol. The Morgan fingerprint density at radius 1 is 0.667 bits per heavy atom. The first-order chi connectivity index (χ1) is 11.8. The molecule has 5 heteroatoms. The zero-order valence-corrected chi connectivity index (χ0v) is 14.2. The molecule has 0 fully saturated rings. The first kappa shape index (κ1) is 14.9. The minimum absolute atomic E-state index is 0.0160. The van der Waals surface area contributed by atoms with Crippen molar-refractivity contribution in [1.82, 2.24) is 9.97 Å². The number of aromatic nitrogens is 2. The maximum absolute atomic E-state index is 13.1. The summed E-state index contributed by atoms with van der Waals surface area (Å²) in [5, 5.41) is 0. The van der Waals surface area contributed by atoms with E-state index >= 15 is 0 Å². The number of hydrogen-bond acceptors (Lipinski definition) is 5. The molecule has 0 unspecified atom stereocenters. The standard InChI is InChI=1S/C19H12N2OS2/c22-17(18-15(20-11-23-18)13-7-3-1-4-8-13)19-16(21-12-24-19)14-9-5-2-6-10-14/h1-12H. The summed E-state index contributed by atoms with van der Waals surface area (Å²) >= 11 is 2.75. The Balaban J connectivity index is 1.78. The van der Waals surface area contributed by atoms with Gasteiger partial charge in [-0.25, -0.2) is 9.97 Å². The summed E-state index contributed by atoms with van der Waals surface area (Å²) in [6, 6.07) is 19.6. The van der Waals surface area contributed by atoms with E-state index < -0.39 is 0 Å². The van der Waals surface area contributed by atoms with Gasteiger partial charge in [0, 0.05) is 11.1 Å². The van der Waals surface area contributed by atoms with Crippen molar-refractivity contribution in [3.05, 3.63) is 81.4 Å². The lowest BCUT2D eigenvalue weighted by molar-refractivity contribution is 0.104. The maximum Gasteiger partial charge on any atom is 0.217 e. The molecule has 0 radical (unpaired) electrons. The van der Waals surface area contributed by atoms with Gasteiger partial charge in [-0.3, -0.25) is 4.79 Å². The fraction of sp³-hybridized carbons (Fsp3) is 0. The number of thiazole rings is 2. The van der Waals surface area contributed by atoms with Crippen LogP contribution in [-0.4, -0.2) is 15.8 Å². The Morgan fingerprint density at radius 3 is 1.50 bits per heavy atom. The van der Waals surface area contributed by atoms with Crippen LogP contribution < -0.4 is 0 Å². The number of carbonyl (C=O) groups excluding carboxylic acids is 1. The van der Waals surface area contributed by atoms with Crippen molar-refractivity contribution in [3.8, 4) is 22.5 Å². The number of carbonyl (C=O) groups is 1. The quantitative estimate of drug-likeness (QED) is 0.478. The third kappa shape index (κ3) is 2.68. The molecular weight excluding hydrogens is 336 g/mol. The largest absolute Gasteiger partial charge is 0.287 e. The summed E-state index contributed by atoms with van der Waals surface area (Å²) in [6.45, 7) is 0. The summed E-state index contributed by atoms with van der Waals surface area (Å²) < 4.78 is 0. The van der Waals surface area contributed by atoms with Crippen molar-refractivity contribution in [1.29, 1.82) is 0 Å². The van der Waals surface area contributed by atoms with Crippen molar-refractivity contribution in [2.75, 3.05) is 0 Å². The van der Waals surface area contributed by atoms with Crippen LogP contribution in [0.4, 0.5) is 0 Å². The van der Waals surface area contributed by atoms with E-state index in [2.05, 4.69) is 9.97 Å². The van der Waals surface area contributed by atoms with Crippen LogP contribution >= 0.6 is 22.7 Å². The van der Waals surface area contributed by atoms with Gasteiger partial charge in [0.2, 0.25) is 5.78 Å². The zero-order valence-electron chi connectivity index (χ0n) is 12.5. The minimum atomic E-state index is -0.0160. The molecule has 0 saturated carbocycles. The van der Waals surface area contributed by atoms with Crippen LogP contribution in [0.5, 0.6) is 0 Å². The Kier molecular flexibility index (Phi) is 4.02. The van der Waals surface area contributed by atoms with Crippen LogP contribution in [0.2, 0.25) is 0 Å². The van der Waals surface area contributed by atoms with Gasteiger partial charge >= 0.3 is 0 Å². The molecule has 4 rings (SSSR count). The van der Waals surface area contributed by atoms with E-state index in [0.29, 0.717) is 9.75 Å². The van der Waals surface area contributed by atoms with Crippen molar-refractivity contribution in [2.45, 2.75) is 0 Å². The van der Waals surface area contributed by atoms with E-state index in [1.54, 1.807) is 11.0 Å².